The summed E-state index contributed by atoms with van der Waals surface area (Å²) in [6, 6.07) is 5.80. The van der Waals surface area contributed by atoms with E-state index >= 15 is 0 Å². The highest BCUT2D eigenvalue weighted by atomic mass is 32.2. The van der Waals surface area contributed by atoms with Gasteiger partial charge >= 0.3 is 0 Å². The van der Waals surface area contributed by atoms with Crippen molar-refractivity contribution in [3.8, 4) is 6.07 Å². The van der Waals surface area contributed by atoms with Gasteiger partial charge < -0.3 is 10.5 Å². The third kappa shape index (κ3) is 2.61. The van der Waals surface area contributed by atoms with Gasteiger partial charge in [0.25, 0.3) is 0 Å². The molecule has 1 atom stereocenters. The number of rotatable bonds is 3. The lowest BCUT2D eigenvalue weighted by Crippen LogP contribution is -2.35. The van der Waals surface area contributed by atoms with Crippen LogP contribution < -0.4 is 10.5 Å². The summed E-state index contributed by atoms with van der Waals surface area (Å²) in [6.45, 7) is 0.922. The molecular weight excluding hydrogens is 254 g/mol. The number of nitrogens with two attached hydrogens (primary N) is 1. The molecule has 1 aromatic carbocycles. The number of nitrogens with zero attached hydrogens (tertiary/aromatic N) is 1. The third-order valence-corrected chi connectivity index (χ3v) is 4.27. The van der Waals surface area contributed by atoms with E-state index in [0.29, 0.717) is 25.2 Å². The van der Waals surface area contributed by atoms with Crippen molar-refractivity contribution in [3.63, 3.8) is 0 Å². The Morgan fingerprint density at radius 2 is 2.28 bits per heavy atom. The van der Waals surface area contributed by atoms with Crippen molar-refractivity contribution in [2.24, 2.45) is 0 Å². The topological polar surface area (TPSA) is 105 Å². The molecule has 0 aliphatic carbocycles. The minimum atomic E-state index is -3.66. The van der Waals surface area contributed by atoms with Gasteiger partial charge in [-0.05, 0) is 24.6 Å². The lowest BCUT2D eigenvalue weighted by Gasteiger charge is -2.12. The Balaban J connectivity index is 2.27. The van der Waals surface area contributed by atoms with E-state index in [2.05, 4.69) is 4.72 Å². The van der Waals surface area contributed by atoms with Crippen LogP contribution in [-0.4, -0.2) is 27.7 Å². The second-order valence-corrected chi connectivity index (χ2v) is 5.73. The molecule has 0 amide bonds. The zero-order chi connectivity index (χ0) is 13.2. The Morgan fingerprint density at radius 3 is 2.83 bits per heavy atom. The second-order valence-electron chi connectivity index (χ2n) is 4.05. The van der Waals surface area contributed by atoms with Crippen molar-refractivity contribution in [2.75, 3.05) is 18.9 Å². The summed E-state index contributed by atoms with van der Waals surface area (Å²) in [7, 11) is -3.66. The van der Waals surface area contributed by atoms with Crippen LogP contribution in [0.3, 0.4) is 0 Å². The fraction of sp³-hybridized carbons (Fsp3) is 0.364. The van der Waals surface area contributed by atoms with E-state index in [-0.39, 0.29) is 16.6 Å². The first-order valence-electron chi connectivity index (χ1n) is 5.42. The molecule has 6 nitrogen and oxygen atoms in total. The molecule has 18 heavy (non-hydrogen) atoms. The predicted octanol–water partition coefficient (Wildman–Crippen LogP) is 0.208. The average molecular weight is 267 g/mol. The SMILES string of the molecule is N#Cc1ccc(S(=O)(=O)NC2CCOC2)c(N)c1. The summed E-state index contributed by atoms with van der Waals surface area (Å²) >= 11 is 0. The standard InChI is InChI=1S/C11H13N3O3S/c12-6-8-1-2-11(10(13)5-8)18(15,16)14-9-3-4-17-7-9/h1-2,5,9,14H,3-4,7,13H2. The van der Waals surface area contributed by atoms with Crippen LogP contribution in [0.1, 0.15) is 12.0 Å². The Labute approximate surface area is 105 Å². The molecule has 1 unspecified atom stereocenters. The van der Waals surface area contributed by atoms with Crippen LogP contribution >= 0.6 is 0 Å². The zero-order valence-electron chi connectivity index (χ0n) is 9.59. The molecule has 1 saturated heterocycles. The van der Waals surface area contributed by atoms with Gasteiger partial charge in [0.05, 0.1) is 23.9 Å². The maximum absolute atomic E-state index is 12.1. The van der Waals surface area contributed by atoms with Crippen LogP contribution in [0.2, 0.25) is 0 Å². The summed E-state index contributed by atoms with van der Waals surface area (Å²) < 4.78 is 31.8. The summed E-state index contributed by atoms with van der Waals surface area (Å²) in [4.78, 5) is -0.00611. The van der Waals surface area contributed by atoms with E-state index < -0.39 is 10.0 Å². The Morgan fingerprint density at radius 1 is 1.50 bits per heavy atom. The van der Waals surface area contributed by atoms with E-state index in [1.165, 1.54) is 18.2 Å². The molecule has 1 heterocycles. The molecule has 1 aliphatic rings. The Kier molecular flexibility index (Phi) is 3.52. The van der Waals surface area contributed by atoms with E-state index in [1.807, 2.05) is 6.07 Å². The molecule has 1 fully saturated rings. The van der Waals surface area contributed by atoms with Crippen LogP contribution in [0.4, 0.5) is 5.69 Å². The van der Waals surface area contributed by atoms with E-state index in [9.17, 15) is 8.42 Å². The van der Waals surface area contributed by atoms with E-state index in [1.54, 1.807) is 0 Å². The van der Waals surface area contributed by atoms with Crippen molar-refractivity contribution in [1.82, 2.24) is 4.72 Å². The van der Waals surface area contributed by atoms with Crippen LogP contribution in [0, 0.1) is 11.3 Å². The highest BCUT2D eigenvalue weighted by Gasteiger charge is 2.24. The Bertz CT molecular complexity index is 586. The first-order valence-corrected chi connectivity index (χ1v) is 6.91. The number of sulfonamides is 1. The maximum atomic E-state index is 12.1. The van der Waals surface area contributed by atoms with Gasteiger partial charge in [-0.15, -0.1) is 0 Å². The predicted molar refractivity (Wildman–Crippen MR) is 65.1 cm³/mol. The van der Waals surface area contributed by atoms with Gasteiger partial charge in [-0.3, -0.25) is 0 Å². The van der Waals surface area contributed by atoms with Gasteiger partial charge in [-0.25, -0.2) is 13.1 Å². The first-order chi connectivity index (χ1) is 8.53. The number of hydrogen-bond acceptors (Lipinski definition) is 5. The van der Waals surface area contributed by atoms with Crippen LogP contribution in [0.25, 0.3) is 0 Å². The molecule has 3 N–H and O–H groups in total. The van der Waals surface area contributed by atoms with E-state index in [4.69, 9.17) is 15.7 Å². The smallest absolute Gasteiger partial charge is 0.242 e. The number of nitriles is 1. The van der Waals surface area contributed by atoms with Gasteiger partial charge in [0.2, 0.25) is 10.0 Å². The van der Waals surface area contributed by atoms with Crippen molar-refractivity contribution in [1.29, 1.82) is 5.26 Å². The molecule has 0 bridgehead atoms. The van der Waals surface area contributed by atoms with Gasteiger partial charge in [-0.2, -0.15) is 5.26 Å². The van der Waals surface area contributed by atoms with Crippen molar-refractivity contribution in [3.05, 3.63) is 23.8 Å². The summed E-state index contributed by atoms with van der Waals surface area (Å²) in [5.41, 5.74) is 6.05. The normalized spacial score (nSPS) is 19.6. The minimum Gasteiger partial charge on any atom is -0.398 e. The number of anilines is 1. The molecule has 1 aromatic rings. The molecule has 96 valence electrons. The average Bonchev–Trinajstić information content (AvgIpc) is 2.80. The first kappa shape index (κ1) is 12.8. The van der Waals surface area contributed by atoms with Gasteiger partial charge in [0.15, 0.2) is 0 Å². The molecule has 1 aliphatic heterocycles. The largest absolute Gasteiger partial charge is 0.398 e. The monoisotopic (exact) mass is 267 g/mol. The van der Waals surface area contributed by atoms with Gasteiger partial charge in [0, 0.05) is 12.6 Å². The number of nitrogen functional groups attached to an aromatic ring is 1. The van der Waals surface area contributed by atoms with Crippen molar-refractivity contribution < 1.29 is 13.2 Å². The number of ether oxygens (including phenoxy) is 1. The molecule has 0 spiro atoms. The quantitative estimate of drug-likeness (QED) is 0.761. The van der Waals surface area contributed by atoms with Gasteiger partial charge in [-0.1, -0.05) is 0 Å². The number of hydrogen-bond donors (Lipinski definition) is 2. The molecule has 2 rings (SSSR count). The maximum Gasteiger partial charge on any atom is 0.242 e. The third-order valence-electron chi connectivity index (χ3n) is 2.68. The van der Waals surface area contributed by atoms with Crippen LogP contribution in [-0.2, 0) is 14.8 Å². The summed E-state index contributed by atoms with van der Waals surface area (Å²) in [5, 5.41) is 8.70. The number of benzene rings is 1. The fourth-order valence-corrected chi connectivity index (χ4v) is 3.14. The van der Waals surface area contributed by atoms with Crippen molar-refractivity contribution >= 4 is 15.7 Å². The van der Waals surface area contributed by atoms with Crippen LogP contribution in [0.5, 0.6) is 0 Å². The second kappa shape index (κ2) is 4.94. The van der Waals surface area contributed by atoms with E-state index in [0.717, 1.165) is 0 Å². The molecular formula is C11H13N3O3S. The molecule has 0 saturated carbocycles. The number of nitrogens with one attached hydrogen (secondary N) is 1. The van der Waals surface area contributed by atoms with Gasteiger partial charge in [0.1, 0.15) is 4.90 Å². The lowest BCUT2D eigenvalue weighted by atomic mass is 10.2. The minimum absolute atomic E-state index is 0.00611. The van der Waals surface area contributed by atoms with Crippen LogP contribution in [0.15, 0.2) is 23.1 Å². The lowest BCUT2D eigenvalue weighted by molar-refractivity contribution is 0.192. The Hall–Kier alpha value is -1.62. The molecule has 0 radical (unpaired) electrons. The van der Waals surface area contributed by atoms with Crippen molar-refractivity contribution in [2.45, 2.75) is 17.4 Å². The molecule has 7 heteroatoms. The zero-order valence-corrected chi connectivity index (χ0v) is 10.4. The highest BCUT2D eigenvalue weighted by molar-refractivity contribution is 7.89. The fourth-order valence-electron chi connectivity index (χ4n) is 1.77. The molecule has 0 aromatic heterocycles. The summed E-state index contributed by atoms with van der Waals surface area (Å²) in [6.07, 6.45) is 0.648. The summed E-state index contributed by atoms with van der Waals surface area (Å²) in [5.74, 6) is 0. The highest BCUT2D eigenvalue weighted by Crippen LogP contribution is 2.20.